The molecule has 1 aromatic carbocycles. The van der Waals surface area contributed by atoms with Crippen LogP contribution in [0.5, 0.6) is 0 Å². The zero-order chi connectivity index (χ0) is 11.4. The third-order valence-electron chi connectivity index (χ3n) is 2.40. The molecule has 84 valence electrons. The van der Waals surface area contributed by atoms with Crippen molar-refractivity contribution in [2.45, 2.75) is 6.42 Å². The van der Waals surface area contributed by atoms with Gasteiger partial charge in [-0.25, -0.2) is 0 Å². The number of ketones is 1. The number of hydrogen-bond acceptors (Lipinski definition) is 3. The Balaban J connectivity index is 2.16. The molecule has 0 bridgehead atoms. The quantitative estimate of drug-likeness (QED) is 0.609. The number of halogens is 1. The molecule has 1 aliphatic rings. The van der Waals surface area contributed by atoms with Gasteiger partial charge in [-0.05, 0) is 18.6 Å². The van der Waals surface area contributed by atoms with Gasteiger partial charge in [0.2, 0.25) is 0 Å². The van der Waals surface area contributed by atoms with E-state index in [9.17, 15) is 4.79 Å². The second kappa shape index (κ2) is 5.03. The highest BCUT2D eigenvalue weighted by molar-refractivity contribution is 6.34. The number of benzene rings is 1. The fourth-order valence-corrected chi connectivity index (χ4v) is 1.80. The van der Waals surface area contributed by atoms with E-state index < -0.39 is 0 Å². The third-order valence-corrected chi connectivity index (χ3v) is 2.73. The molecule has 0 atom stereocenters. The summed E-state index contributed by atoms with van der Waals surface area (Å²) >= 11 is 5.95. The first-order chi connectivity index (χ1) is 7.77. The summed E-state index contributed by atoms with van der Waals surface area (Å²) in [6.45, 7) is 1.79. The number of rotatable bonds is 2. The van der Waals surface area contributed by atoms with Crippen LogP contribution in [0.2, 0.25) is 5.02 Å². The van der Waals surface area contributed by atoms with Crippen LogP contribution < -0.4 is 10.6 Å². The van der Waals surface area contributed by atoms with Crippen molar-refractivity contribution in [1.82, 2.24) is 10.6 Å². The lowest BCUT2D eigenvalue weighted by molar-refractivity contribution is 0.104. The van der Waals surface area contributed by atoms with Crippen LogP contribution in [-0.4, -0.2) is 18.9 Å². The highest BCUT2D eigenvalue weighted by Crippen LogP contribution is 2.16. The van der Waals surface area contributed by atoms with E-state index in [4.69, 9.17) is 11.6 Å². The van der Waals surface area contributed by atoms with E-state index in [0.29, 0.717) is 10.6 Å². The average Bonchev–Trinajstić information content (AvgIpc) is 2.31. The van der Waals surface area contributed by atoms with E-state index in [0.717, 1.165) is 25.3 Å². The van der Waals surface area contributed by atoms with Crippen molar-refractivity contribution in [3.05, 3.63) is 46.7 Å². The normalized spacial score (nSPS) is 14.9. The molecule has 1 saturated heterocycles. The molecule has 0 saturated carbocycles. The summed E-state index contributed by atoms with van der Waals surface area (Å²) in [5, 5.41) is 6.74. The molecular formula is C12H13ClN2O. The maximum Gasteiger partial charge on any atom is 0.190 e. The zero-order valence-corrected chi connectivity index (χ0v) is 9.55. The molecule has 4 heteroatoms. The average molecular weight is 237 g/mol. The molecule has 1 aromatic rings. The van der Waals surface area contributed by atoms with Gasteiger partial charge in [0.1, 0.15) is 5.82 Å². The number of hydrogen-bond donors (Lipinski definition) is 2. The van der Waals surface area contributed by atoms with Crippen molar-refractivity contribution < 1.29 is 4.79 Å². The van der Waals surface area contributed by atoms with Gasteiger partial charge in [0.25, 0.3) is 0 Å². The molecule has 1 fully saturated rings. The van der Waals surface area contributed by atoms with E-state index in [1.165, 1.54) is 0 Å². The van der Waals surface area contributed by atoms with Gasteiger partial charge in [-0.2, -0.15) is 0 Å². The molecule has 0 spiro atoms. The number of carbonyl (C=O) groups is 1. The molecule has 1 aliphatic heterocycles. The summed E-state index contributed by atoms with van der Waals surface area (Å²) < 4.78 is 0. The molecule has 0 aliphatic carbocycles. The van der Waals surface area contributed by atoms with Crippen molar-refractivity contribution in [2.24, 2.45) is 0 Å². The van der Waals surface area contributed by atoms with Gasteiger partial charge < -0.3 is 10.6 Å². The lowest BCUT2D eigenvalue weighted by Gasteiger charge is -2.18. The fraction of sp³-hybridized carbons (Fsp3) is 0.250. The summed E-state index contributed by atoms with van der Waals surface area (Å²) in [5.41, 5.74) is 0.533. The van der Waals surface area contributed by atoms with Crippen LogP contribution in [0.1, 0.15) is 16.8 Å². The first-order valence-corrected chi connectivity index (χ1v) is 5.63. The van der Waals surface area contributed by atoms with Crippen molar-refractivity contribution >= 4 is 17.4 Å². The van der Waals surface area contributed by atoms with Gasteiger partial charge in [0, 0.05) is 24.7 Å². The summed E-state index contributed by atoms with van der Waals surface area (Å²) in [4.78, 5) is 11.9. The standard InChI is InChI=1S/C12H13ClN2O/c13-10-5-2-1-4-9(10)11(16)8-12-14-6-3-7-15-12/h1-2,4-5,8,14-15H,3,6-7H2. The van der Waals surface area contributed by atoms with Crippen molar-refractivity contribution in [3.63, 3.8) is 0 Å². The second-order valence-electron chi connectivity index (χ2n) is 3.61. The summed E-state index contributed by atoms with van der Waals surface area (Å²) in [6, 6.07) is 7.06. The monoisotopic (exact) mass is 236 g/mol. The molecule has 0 unspecified atom stereocenters. The lowest BCUT2D eigenvalue weighted by Crippen LogP contribution is -2.35. The van der Waals surface area contributed by atoms with Crippen LogP contribution in [-0.2, 0) is 0 Å². The molecule has 0 amide bonds. The topological polar surface area (TPSA) is 41.1 Å². The molecule has 2 N–H and O–H groups in total. The summed E-state index contributed by atoms with van der Waals surface area (Å²) in [6.07, 6.45) is 2.62. The Morgan fingerprint density at radius 3 is 2.62 bits per heavy atom. The van der Waals surface area contributed by atoms with E-state index in [1.54, 1.807) is 24.3 Å². The molecule has 2 rings (SSSR count). The molecule has 0 radical (unpaired) electrons. The van der Waals surface area contributed by atoms with Crippen LogP contribution in [0, 0.1) is 0 Å². The molecule has 16 heavy (non-hydrogen) atoms. The van der Waals surface area contributed by atoms with Gasteiger partial charge in [-0.3, -0.25) is 4.79 Å². The first-order valence-electron chi connectivity index (χ1n) is 5.25. The van der Waals surface area contributed by atoms with Gasteiger partial charge >= 0.3 is 0 Å². The Bertz CT molecular complexity index is 421. The predicted molar refractivity (Wildman–Crippen MR) is 64.5 cm³/mol. The molecular weight excluding hydrogens is 224 g/mol. The smallest absolute Gasteiger partial charge is 0.190 e. The van der Waals surface area contributed by atoms with Crippen LogP contribution in [0.3, 0.4) is 0 Å². The molecule has 3 nitrogen and oxygen atoms in total. The van der Waals surface area contributed by atoms with Crippen LogP contribution in [0.15, 0.2) is 36.2 Å². The van der Waals surface area contributed by atoms with Gasteiger partial charge in [0.05, 0.1) is 5.02 Å². The Kier molecular flexibility index (Phi) is 3.47. The zero-order valence-electron chi connectivity index (χ0n) is 8.79. The van der Waals surface area contributed by atoms with Crippen molar-refractivity contribution in [3.8, 4) is 0 Å². The van der Waals surface area contributed by atoms with E-state index in [2.05, 4.69) is 10.6 Å². The minimum atomic E-state index is -0.0810. The predicted octanol–water partition coefficient (Wildman–Crippen LogP) is 1.95. The molecule has 0 aromatic heterocycles. The number of allylic oxidation sites excluding steroid dienone is 1. The largest absolute Gasteiger partial charge is 0.372 e. The SMILES string of the molecule is O=C(C=C1NCCCN1)c1ccccc1Cl. The van der Waals surface area contributed by atoms with Crippen LogP contribution in [0.4, 0.5) is 0 Å². The Labute approximate surface area is 99.5 Å². The maximum absolute atomic E-state index is 11.9. The Hall–Kier alpha value is -1.48. The molecule has 1 heterocycles. The van der Waals surface area contributed by atoms with E-state index >= 15 is 0 Å². The van der Waals surface area contributed by atoms with Crippen molar-refractivity contribution in [2.75, 3.05) is 13.1 Å². The van der Waals surface area contributed by atoms with Crippen molar-refractivity contribution in [1.29, 1.82) is 0 Å². The second-order valence-corrected chi connectivity index (χ2v) is 4.02. The van der Waals surface area contributed by atoms with Crippen LogP contribution in [0.25, 0.3) is 0 Å². The van der Waals surface area contributed by atoms with Gasteiger partial charge in [-0.1, -0.05) is 23.7 Å². The van der Waals surface area contributed by atoms with E-state index in [-0.39, 0.29) is 5.78 Å². The maximum atomic E-state index is 11.9. The highest BCUT2D eigenvalue weighted by atomic mass is 35.5. The van der Waals surface area contributed by atoms with Gasteiger partial charge in [-0.15, -0.1) is 0 Å². The fourth-order valence-electron chi connectivity index (χ4n) is 1.57. The third kappa shape index (κ3) is 2.55. The Morgan fingerprint density at radius 2 is 1.94 bits per heavy atom. The minimum absolute atomic E-state index is 0.0810. The number of carbonyl (C=O) groups excluding carboxylic acids is 1. The first kappa shape index (κ1) is 11.0. The number of nitrogens with one attached hydrogen (secondary N) is 2. The highest BCUT2D eigenvalue weighted by Gasteiger charge is 2.09. The summed E-state index contributed by atoms with van der Waals surface area (Å²) in [5.74, 6) is 0.693. The van der Waals surface area contributed by atoms with Crippen LogP contribution >= 0.6 is 11.6 Å². The summed E-state index contributed by atoms with van der Waals surface area (Å²) in [7, 11) is 0. The minimum Gasteiger partial charge on any atom is -0.372 e. The van der Waals surface area contributed by atoms with Gasteiger partial charge in [0.15, 0.2) is 5.78 Å². The van der Waals surface area contributed by atoms with E-state index in [1.807, 2.05) is 6.07 Å². The Morgan fingerprint density at radius 1 is 1.25 bits per heavy atom. The lowest BCUT2D eigenvalue weighted by atomic mass is 10.1.